The Kier molecular flexibility index (Phi) is 8.34. The van der Waals surface area contributed by atoms with Gasteiger partial charge in [-0.05, 0) is 55.2 Å². The lowest BCUT2D eigenvalue weighted by atomic mass is 9.86. The fraction of sp³-hybridized carbons (Fsp3) is 0.517. The number of nitrogens with zero attached hydrogens (tertiary/aromatic N) is 1. The van der Waals surface area contributed by atoms with Crippen LogP contribution < -0.4 is 5.32 Å². The van der Waals surface area contributed by atoms with Crippen LogP contribution in [0.3, 0.4) is 0 Å². The number of carbonyl (C=O) groups is 2. The Morgan fingerprint density at radius 3 is 2.12 bits per heavy atom. The molecule has 1 aliphatic rings. The van der Waals surface area contributed by atoms with Gasteiger partial charge in [-0.15, -0.1) is 0 Å². The quantitative estimate of drug-likeness (QED) is 0.563. The third-order valence-corrected chi connectivity index (χ3v) is 6.79. The maximum Gasteiger partial charge on any atom is 0.242 e. The zero-order valence-electron chi connectivity index (χ0n) is 21.0. The minimum atomic E-state index is -0.498. The maximum absolute atomic E-state index is 13.3. The van der Waals surface area contributed by atoms with Crippen molar-refractivity contribution in [3.05, 3.63) is 70.8 Å². The highest BCUT2D eigenvalue weighted by atomic mass is 16.2. The molecule has 0 radical (unpaired) electrons. The summed E-state index contributed by atoms with van der Waals surface area (Å²) in [5.74, 6) is -0.0264. The van der Waals surface area contributed by atoms with E-state index in [1.807, 2.05) is 19.1 Å². The predicted octanol–water partition coefficient (Wildman–Crippen LogP) is 5.70. The molecule has 1 saturated carbocycles. The van der Waals surface area contributed by atoms with Crippen LogP contribution in [0.4, 0.5) is 0 Å². The molecule has 3 rings (SSSR count). The fourth-order valence-electron chi connectivity index (χ4n) is 4.43. The van der Waals surface area contributed by atoms with Crippen molar-refractivity contribution in [3.8, 4) is 0 Å². The second-order valence-corrected chi connectivity index (χ2v) is 10.6. The van der Waals surface area contributed by atoms with Gasteiger partial charge in [0.15, 0.2) is 0 Å². The summed E-state index contributed by atoms with van der Waals surface area (Å²) in [4.78, 5) is 28.1. The average molecular weight is 449 g/mol. The Labute approximate surface area is 199 Å². The van der Waals surface area contributed by atoms with Gasteiger partial charge in [-0.1, -0.05) is 87.7 Å². The van der Waals surface area contributed by atoms with Gasteiger partial charge in [0, 0.05) is 19.0 Å². The topological polar surface area (TPSA) is 49.4 Å². The van der Waals surface area contributed by atoms with E-state index < -0.39 is 6.04 Å². The number of amides is 2. The normalized spacial score (nSPS) is 15.3. The minimum Gasteiger partial charge on any atom is -0.352 e. The molecule has 33 heavy (non-hydrogen) atoms. The number of benzene rings is 2. The molecule has 0 spiro atoms. The van der Waals surface area contributed by atoms with Crippen LogP contribution >= 0.6 is 0 Å². The first-order chi connectivity index (χ1) is 15.6. The molecule has 0 aromatic heterocycles. The summed E-state index contributed by atoms with van der Waals surface area (Å²) in [6, 6.07) is 16.5. The van der Waals surface area contributed by atoms with Crippen molar-refractivity contribution in [1.29, 1.82) is 0 Å². The van der Waals surface area contributed by atoms with Crippen LogP contribution in [0.1, 0.15) is 82.1 Å². The van der Waals surface area contributed by atoms with Crippen LogP contribution in [0.15, 0.2) is 48.5 Å². The number of rotatable bonds is 8. The molecule has 1 unspecified atom stereocenters. The first kappa shape index (κ1) is 25.0. The van der Waals surface area contributed by atoms with E-state index in [0.29, 0.717) is 19.4 Å². The van der Waals surface area contributed by atoms with E-state index in [9.17, 15) is 9.59 Å². The van der Waals surface area contributed by atoms with Gasteiger partial charge in [-0.3, -0.25) is 9.59 Å². The molecule has 1 atom stereocenters. The molecule has 0 saturated heterocycles. The van der Waals surface area contributed by atoms with Crippen molar-refractivity contribution in [2.45, 2.75) is 97.2 Å². The Morgan fingerprint density at radius 1 is 0.970 bits per heavy atom. The first-order valence-corrected chi connectivity index (χ1v) is 12.4. The predicted molar refractivity (Wildman–Crippen MR) is 135 cm³/mol. The summed E-state index contributed by atoms with van der Waals surface area (Å²) in [6.07, 6.45) is 5.47. The monoisotopic (exact) mass is 448 g/mol. The minimum absolute atomic E-state index is 0.0181. The lowest BCUT2D eigenvalue weighted by molar-refractivity contribution is -0.140. The van der Waals surface area contributed by atoms with Crippen LogP contribution in [-0.4, -0.2) is 28.8 Å². The summed E-state index contributed by atoms with van der Waals surface area (Å²) >= 11 is 0. The van der Waals surface area contributed by atoms with E-state index in [2.05, 4.69) is 69.4 Å². The molecule has 2 amide bonds. The second kappa shape index (κ2) is 11.0. The molecule has 1 aliphatic carbocycles. The van der Waals surface area contributed by atoms with E-state index >= 15 is 0 Å². The zero-order chi connectivity index (χ0) is 24.0. The smallest absolute Gasteiger partial charge is 0.242 e. The Morgan fingerprint density at radius 2 is 1.55 bits per heavy atom. The van der Waals surface area contributed by atoms with Crippen LogP contribution in [0.5, 0.6) is 0 Å². The summed E-state index contributed by atoms with van der Waals surface area (Å²) in [6.45, 7) is 11.0. The molecule has 0 aliphatic heterocycles. The SMILES string of the molecule is Cc1ccc(CN(C(=O)CCc2ccc(C(C)(C)C)cc2)C(C)C(=O)NC2CCCC2)cc1. The van der Waals surface area contributed by atoms with Gasteiger partial charge in [0.05, 0.1) is 0 Å². The number of aryl methyl sites for hydroxylation is 2. The van der Waals surface area contributed by atoms with Crippen LogP contribution in [0.2, 0.25) is 0 Å². The van der Waals surface area contributed by atoms with E-state index in [-0.39, 0.29) is 23.3 Å². The van der Waals surface area contributed by atoms with Crippen LogP contribution in [-0.2, 0) is 28.0 Å². The highest BCUT2D eigenvalue weighted by molar-refractivity contribution is 5.87. The van der Waals surface area contributed by atoms with Gasteiger partial charge >= 0.3 is 0 Å². The van der Waals surface area contributed by atoms with Gasteiger partial charge in [-0.25, -0.2) is 0 Å². The fourth-order valence-corrected chi connectivity index (χ4v) is 4.43. The van der Waals surface area contributed by atoms with Gasteiger partial charge in [0.2, 0.25) is 11.8 Å². The maximum atomic E-state index is 13.3. The number of nitrogens with one attached hydrogen (secondary N) is 1. The molecule has 0 heterocycles. The molecule has 4 heteroatoms. The average Bonchev–Trinajstić information content (AvgIpc) is 3.29. The van der Waals surface area contributed by atoms with Gasteiger partial charge in [0.25, 0.3) is 0 Å². The van der Waals surface area contributed by atoms with Gasteiger partial charge in [0.1, 0.15) is 6.04 Å². The van der Waals surface area contributed by atoms with Crippen molar-refractivity contribution in [2.75, 3.05) is 0 Å². The summed E-state index contributed by atoms with van der Waals surface area (Å²) in [7, 11) is 0. The van der Waals surface area contributed by atoms with Crippen molar-refractivity contribution >= 4 is 11.8 Å². The van der Waals surface area contributed by atoms with Crippen molar-refractivity contribution in [3.63, 3.8) is 0 Å². The third-order valence-electron chi connectivity index (χ3n) is 6.79. The Balaban J connectivity index is 1.69. The second-order valence-electron chi connectivity index (χ2n) is 10.6. The largest absolute Gasteiger partial charge is 0.352 e. The van der Waals surface area contributed by atoms with Crippen molar-refractivity contribution in [2.24, 2.45) is 0 Å². The highest BCUT2D eigenvalue weighted by Crippen LogP contribution is 2.23. The van der Waals surface area contributed by atoms with Gasteiger partial charge < -0.3 is 10.2 Å². The molecule has 2 aromatic rings. The summed E-state index contributed by atoms with van der Waals surface area (Å²) in [5.41, 5.74) is 4.78. The molecule has 4 nitrogen and oxygen atoms in total. The Hall–Kier alpha value is -2.62. The van der Waals surface area contributed by atoms with Crippen molar-refractivity contribution < 1.29 is 9.59 Å². The standard InChI is InChI=1S/C29H40N2O2/c1-21-10-12-24(13-11-21)20-31(22(2)28(33)30-26-8-6-7-9-26)27(32)19-16-23-14-17-25(18-15-23)29(3,4)5/h10-15,17-18,22,26H,6-9,16,19-20H2,1-5H3,(H,30,33). The molecule has 0 bridgehead atoms. The van der Waals surface area contributed by atoms with Crippen molar-refractivity contribution in [1.82, 2.24) is 10.2 Å². The Bertz CT molecular complexity index is 920. The highest BCUT2D eigenvalue weighted by Gasteiger charge is 2.28. The molecule has 1 fully saturated rings. The molecule has 1 N–H and O–H groups in total. The number of hydrogen-bond acceptors (Lipinski definition) is 2. The molecular formula is C29H40N2O2. The lowest BCUT2D eigenvalue weighted by Crippen LogP contribution is -2.49. The van der Waals surface area contributed by atoms with E-state index in [1.54, 1.807) is 4.90 Å². The summed E-state index contributed by atoms with van der Waals surface area (Å²) in [5, 5.41) is 3.17. The van der Waals surface area contributed by atoms with Gasteiger partial charge in [-0.2, -0.15) is 0 Å². The molecule has 178 valence electrons. The third kappa shape index (κ3) is 7.18. The number of carbonyl (C=O) groups excluding carboxylic acids is 2. The van der Waals surface area contributed by atoms with E-state index in [1.165, 1.54) is 24.0 Å². The first-order valence-electron chi connectivity index (χ1n) is 12.4. The number of hydrogen-bond donors (Lipinski definition) is 1. The van der Waals surface area contributed by atoms with E-state index in [4.69, 9.17) is 0 Å². The zero-order valence-corrected chi connectivity index (χ0v) is 21.0. The van der Waals surface area contributed by atoms with Crippen LogP contribution in [0.25, 0.3) is 0 Å². The molecule has 2 aromatic carbocycles. The molecular weight excluding hydrogens is 408 g/mol. The van der Waals surface area contributed by atoms with Crippen LogP contribution in [0, 0.1) is 6.92 Å². The summed E-state index contributed by atoms with van der Waals surface area (Å²) < 4.78 is 0. The lowest BCUT2D eigenvalue weighted by Gasteiger charge is -2.30. The van der Waals surface area contributed by atoms with E-state index in [0.717, 1.165) is 24.0 Å².